The van der Waals surface area contributed by atoms with Gasteiger partial charge in [-0.3, -0.25) is 4.79 Å². The zero-order valence-electron chi connectivity index (χ0n) is 20.1. The van der Waals surface area contributed by atoms with E-state index in [0.717, 1.165) is 24.8 Å². The Morgan fingerprint density at radius 1 is 1.00 bits per heavy atom. The molecule has 1 aliphatic rings. The normalized spacial score (nSPS) is 13.1. The summed E-state index contributed by atoms with van der Waals surface area (Å²) in [6.07, 6.45) is 7.77. The van der Waals surface area contributed by atoms with Gasteiger partial charge in [-0.1, -0.05) is 29.8 Å². The predicted octanol–water partition coefficient (Wildman–Crippen LogP) is 5.08. The number of amides is 1. The molecular weight excluding hydrogens is 444 g/mol. The lowest BCUT2D eigenvalue weighted by atomic mass is 9.97. The summed E-state index contributed by atoms with van der Waals surface area (Å²) >= 11 is 0. The number of esters is 1. The minimum absolute atomic E-state index is 0.312. The number of hydrogen-bond acceptors (Lipinski definition) is 6. The summed E-state index contributed by atoms with van der Waals surface area (Å²) in [6, 6.07) is 14.5. The number of ether oxygens (including phenoxy) is 3. The average molecular weight is 475 g/mol. The van der Waals surface area contributed by atoms with Crippen LogP contribution in [0.3, 0.4) is 0 Å². The van der Waals surface area contributed by atoms with Crippen molar-refractivity contribution in [3.05, 3.63) is 65.7 Å². The number of pyridine rings is 1. The molecule has 0 saturated carbocycles. The summed E-state index contributed by atoms with van der Waals surface area (Å²) in [5, 5.41) is 3.50. The minimum atomic E-state index is -0.574. The number of carbonyl (C=O) groups is 2. The monoisotopic (exact) mass is 474 g/mol. The number of allylic oxidation sites excluding steroid dienone is 1. The number of fused-ring (bicyclic) bond motifs is 1. The summed E-state index contributed by atoms with van der Waals surface area (Å²) in [5.74, 6) is 0.274. The lowest BCUT2D eigenvalue weighted by Gasteiger charge is -2.13. The molecule has 2 aromatic carbocycles. The van der Waals surface area contributed by atoms with Crippen molar-refractivity contribution in [2.45, 2.75) is 32.1 Å². The third-order valence-corrected chi connectivity index (χ3v) is 6.10. The Morgan fingerprint density at radius 2 is 1.83 bits per heavy atom. The first-order valence-electron chi connectivity index (χ1n) is 11.8. The number of benzene rings is 2. The molecule has 7 nitrogen and oxygen atoms in total. The van der Waals surface area contributed by atoms with Crippen LogP contribution in [0.1, 0.15) is 42.5 Å². The molecule has 4 rings (SSSR count). The van der Waals surface area contributed by atoms with Crippen LogP contribution in [0.5, 0.6) is 11.5 Å². The SMILES string of the molecule is COc1ccc(-c2cc(C(=O)OCC(=O)NCCC3=CCCCC3)c3ccccc3n2)cc1OC. The fourth-order valence-corrected chi connectivity index (χ4v) is 4.24. The van der Waals surface area contributed by atoms with Crippen LogP contribution in [0.15, 0.2) is 60.2 Å². The quantitative estimate of drug-likeness (QED) is 0.344. The van der Waals surface area contributed by atoms with Gasteiger partial charge in [0.15, 0.2) is 18.1 Å². The first-order chi connectivity index (χ1) is 17.1. The number of aromatic nitrogens is 1. The molecule has 0 unspecified atom stereocenters. The van der Waals surface area contributed by atoms with Gasteiger partial charge >= 0.3 is 5.97 Å². The van der Waals surface area contributed by atoms with Gasteiger partial charge in [0.2, 0.25) is 0 Å². The van der Waals surface area contributed by atoms with E-state index >= 15 is 0 Å². The molecule has 3 aromatic rings. The summed E-state index contributed by atoms with van der Waals surface area (Å²) < 4.78 is 16.1. The van der Waals surface area contributed by atoms with Crippen LogP contribution in [-0.4, -0.2) is 44.2 Å². The van der Waals surface area contributed by atoms with E-state index in [0.29, 0.717) is 40.2 Å². The molecule has 0 bridgehead atoms. The van der Waals surface area contributed by atoms with Crippen LogP contribution in [-0.2, 0) is 9.53 Å². The molecule has 35 heavy (non-hydrogen) atoms. The van der Waals surface area contributed by atoms with E-state index in [9.17, 15) is 9.59 Å². The van der Waals surface area contributed by atoms with Crippen molar-refractivity contribution >= 4 is 22.8 Å². The number of rotatable bonds is 9. The van der Waals surface area contributed by atoms with Gasteiger partial charge in [-0.25, -0.2) is 9.78 Å². The van der Waals surface area contributed by atoms with E-state index < -0.39 is 5.97 Å². The lowest BCUT2D eigenvalue weighted by molar-refractivity contribution is -0.124. The number of nitrogens with zero attached hydrogens (tertiary/aromatic N) is 1. The second-order valence-electron chi connectivity index (χ2n) is 8.43. The van der Waals surface area contributed by atoms with Crippen molar-refractivity contribution in [1.82, 2.24) is 10.3 Å². The maximum Gasteiger partial charge on any atom is 0.339 e. The summed E-state index contributed by atoms with van der Waals surface area (Å²) in [4.78, 5) is 30.0. The highest BCUT2D eigenvalue weighted by atomic mass is 16.5. The Labute approximate surface area is 205 Å². The summed E-state index contributed by atoms with van der Waals surface area (Å²) in [6.45, 7) is 0.212. The molecule has 0 radical (unpaired) electrons. The molecule has 1 aromatic heterocycles. The Hall–Kier alpha value is -3.87. The first-order valence-corrected chi connectivity index (χ1v) is 11.8. The van der Waals surface area contributed by atoms with Crippen molar-refractivity contribution in [2.24, 2.45) is 0 Å². The van der Waals surface area contributed by atoms with Crippen molar-refractivity contribution in [2.75, 3.05) is 27.4 Å². The first kappa shape index (κ1) is 24.3. The topological polar surface area (TPSA) is 86.8 Å². The molecule has 0 aliphatic heterocycles. The molecule has 0 spiro atoms. The molecule has 0 saturated heterocycles. The van der Waals surface area contributed by atoms with Crippen LogP contribution in [0.4, 0.5) is 0 Å². The third kappa shape index (κ3) is 5.98. The summed E-state index contributed by atoms with van der Waals surface area (Å²) in [5.41, 5.74) is 3.73. The molecule has 182 valence electrons. The molecular formula is C28H30N2O5. The Kier molecular flexibility index (Phi) is 7.98. The van der Waals surface area contributed by atoms with Crippen LogP contribution < -0.4 is 14.8 Å². The van der Waals surface area contributed by atoms with E-state index in [1.807, 2.05) is 30.3 Å². The van der Waals surface area contributed by atoms with E-state index in [1.165, 1.54) is 18.4 Å². The molecule has 0 fully saturated rings. The third-order valence-electron chi connectivity index (χ3n) is 6.10. The lowest BCUT2D eigenvalue weighted by Crippen LogP contribution is -2.30. The minimum Gasteiger partial charge on any atom is -0.493 e. The highest BCUT2D eigenvalue weighted by molar-refractivity contribution is 6.05. The zero-order chi connectivity index (χ0) is 24.6. The fourth-order valence-electron chi connectivity index (χ4n) is 4.24. The zero-order valence-corrected chi connectivity index (χ0v) is 20.1. The largest absolute Gasteiger partial charge is 0.493 e. The fraction of sp³-hybridized carbons (Fsp3) is 0.321. The number of methoxy groups -OCH3 is 2. The summed E-state index contributed by atoms with van der Waals surface area (Å²) in [7, 11) is 3.14. The highest BCUT2D eigenvalue weighted by Gasteiger charge is 2.17. The van der Waals surface area contributed by atoms with E-state index in [4.69, 9.17) is 19.2 Å². The smallest absolute Gasteiger partial charge is 0.339 e. The average Bonchev–Trinajstić information content (AvgIpc) is 2.91. The van der Waals surface area contributed by atoms with Gasteiger partial charge in [0.05, 0.1) is 31.0 Å². The highest BCUT2D eigenvalue weighted by Crippen LogP contribution is 2.33. The van der Waals surface area contributed by atoms with Gasteiger partial charge in [0.1, 0.15) is 0 Å². The van der Waals surface area contributed by atoms with E-state index in [1.54, 1.807) is 32.4 Å². The van der Waals surface area contributed by atoms with Crippen molar-refractivity contribution in [1.29, 1.82) is 0 Å². The second kappa shape index (κ2) is 11.5. The van der Waals surface area contributed by atoms with Gasteiger partial charge in [-0.2, -0.15) is 0 Å². The van der Waals surface area contributed by atoms with Gasteiger partial charge < -0.3 is 19.5 Å². The van der Waals surface area contributed by atoms with Crippen LogP contribution in [0.25, 0.3) is 22.2 Å². The predicted molar refractivity (Wildman–Crippen MR) is 135 cm³/mol. The molecule has 7 heteroatoms. The van der Waals surface area contributed by atoms with E-state index in [2.05, 4.69) is 11.4 Å². The molecule has 1 aliphatic carbocycles. The maximum atomic E-state index is 13.0. The molecule has 1 N–H and O–H groups in total. The molecule has 1 amide bonds. The maximum absolute atomic E-state index is 13.0. The number of hydrogen-bond donors (Lipinski definition) is 1. The van der Waals surface area contributed by atoms with Gasteiger partial charge in [0.25, 0.3) is 5.91 Å². The van der Waals surface area contributed by atoms with Gasteiger partial charge in [-0.05, 0) is 62.4 Å². The van der Waals surface area contributed by atoms with Crippen LogP contribution >= 0.6 is 0 Å². The Balaban J connectivity index is 1.48. The molecule has 1 heterocycles. The van der Waals surface area contributed by atoms with Crippen molar-refractivity contribution < 1.29 is 23.8 Å². The van der Waals surface area contributed by atoms with Crippen molar-refractivity contribution in [3.8, 4) is 22.8 Å². The van der Waals surface area contributed by atoms with E-state index in [-0.39, 0.29) is 12.5 Å². The number of nitrogens with one attached hydrogen (secondary N) is 1. The van der Waals surface area contributed by atoms with Crippen molar-refractivity contribution in [3.63, 3.8) is 0 Å². The number of para-hydroxylation sites is 1. The second-order valence-corrected chi connectivity index (χ2v) is 8.43. The Bertz CT molecular complexity index is 1250. The Morgan fingerprint density at radius 3 is 2.60 bits per heavy atom. The number of carbonyl (C=O) groups excluding carboxylic acids is 2. The standard InChI is InChI=1S/C28H30N2O5/c1-33-25-13-12-20(16-26(25)34-2)24-17-22(21-10-6-7-11-23(21)30-24)28(32)35-18-27(31)29-15-14-19-8-4-3-5-9-19/h6-8,10-13,16-17H,3-5,9,14-15,18H2,1-2H3,(H,29,31). The van der Waals surface area contributed by atoms with Crippen LogP contribution in [0.2, 0.25) is 0 Å². The van der Waals surface area contributed by atoms with Gasteiger partial charge in [0, 0.05) is 17.5 Å². The van der Waals surface area contributed by atoms with Crippen LogP contribution in [0, 0.1) is 0 Å². The van der Waals surface area contributed by atoms with Gasteiger partial charge in [-0.15, -0.1) is 0 Å². The molecule has 0 atom stereocenters.